The molecular formula is C25H30N2O2. The summed E-state index contributed by atoms with van der Waals surface area (Å²) in [6, 6.07) is 15.5. The van der Waals surface area contributed by atoms with Crippen LogP contribution in [0.2, 0.25) is 0 Å². The lowest BCUT2D eigenvalue weighted by molar-refractivity contribution is -0.0207. The van der Waals surface area contributed by atoms with Gasteiger partial charge in [0.15, 0.2) is 0 Å². The molecule has 4 fully saturated rings. The number of primary amides is 1. The lowest BCUT2D eigenvalue weighted by Crippen LogP contribution is -2.59. The summed E-state index contributed by atoms with van der Waals surface area (Å²) in [4.78, 5) is 11.4. The molecule has 0 unspecified atom stereocenters. The third-order valence-corrected chi connectivity index (χ3v) is 7.24. The Morgan fingerprint density at radius 1 is 0.966 bits per heavy atom. The molecule has 29 heavy (non-hydrogen) atoms. The summed E-state index contributed by atoms with van der Waals surface area (Å²) in [5.74, 6) is 3.38. The SMILES string of the molecule is NC(=O)c1cccc(-c2ccc(OCCNC34CC5CC(CC(C5)C3)C4)cc2)c1. The van der Waals surface area contributed by atoms with Crippen molar-refractivity contribution < 1.29 is 9.53 Å². The van der Waals surface area contributed by atoms with Gasteiger partial charge in [-0.1, -0.05) is 24.3 Å². The Labute approximate surface area is 172 Å². The van der Waals surface area contributed by atoms with Gasteiger partial charge in [0, 0.05) is 17.6 Å². The van der Waals surface area contributed by atoms with E-state index >= 15 is 0 Å². The zero-order valence-electron chi connectivity index (χ0n) is 16.9. The molecule has 0 spiro atoms. The fraction of sp³-hybridized carbons (Fsp3) is 0.480. The second-order valence-corrected chi connectivity index (χ2v) is 9.44. The van der Waals surface area contributed by atoms with Gasteiger partial charge in [-0.25, -0.2) is 0 Å². The Morgan fingerprint density at radius 2 is 1.62 bits per heavy atom. The van der Waals surface area contributed by atoms with Gasteiger partial charge < -0.3 is 15.8 Å². The van der Waals surface area contributed by atoms with Crippen LogP contribution in [0, 0.1) is 17.8 Å². The number of carbonyl (C=O) groups is 1. The largest absolute Gasteiger partial charge is 0.492 e. The van der Waals surface area contributed by atoms with Crippen molar-refractivity contribution >= 4 is 5.91 Å². The number of carbonyl (C=O) groups excluding carboxylic acids is 1. The van der Waals surface area contributed by atoms with Crippen molar-refractivity contribution in [2.45, 2.75) is 44.1 Å². The average molecular weight is 391 g/mol. The van der Waals surface area contributed by atoms with E-state index in [2.05, 4.69) is 5.32 Å². The molecule has 0 radical (unpaired) electrons. The molecule has 0 heterocycles. The van der Waals surface area contributed by atoms with E-state index < -0.39 is 5.91 Å². The van der Waals surface area contributed by atoms with E-state index in [0.29, 0.717) is 17.7 Å². The molecule has 2 aromatic rings. The van der Waals surface area contributed by atoms with Crippen molar-refractivity contribution in [1.82, 2.24) is 5.32 Å². The molecule has 0 aliphatic heterocycles. The molecule has 0 atom stereocenters. The summed E-state index contributed by atoms with van der Waals surface area (Å²) < 4.78 is 5.99. The van der Waals surface area contributed by atoms with Crippen LogP contribution in [-0.2, 0) is 0 Å². The van der Waals surface area contributed by atoms with Gasteiger partial charge in [-0.3, -0.25) is 4.79 Å². The molecule has 4 saturated carbocycles. The molecular weight excluding hydrogens is 360 g/mol. The molecule has 1 amide bonds. The van der Waals surface area contributed by atoms with Crippen LogP contribution in [0.15, 0.2) is 48.5 Å². The number of hydrogen-bond acceptors (Lipinski definition) is 3. The second-order valence-electron chi connectivity index (χ2n) is 9.44. The number of benzene rings is 2. The molecule has 3 N–H and O–H groups in total. The summed E-state index contributed by atoms with van der Waals surface area (Å²) in [6.07, 6.45) is 8.55. The van der Waals surface area contributed by atoms with Gasteiger partial charge >= 0.3 is 0 Å². The second kappa shape index (κ2) is 7.49. The van der Waals surface area contributed by atoms with Gasteiger partial charge in [-0.2, -0.15) is 0 Å². The van der Waals surface area contributed by atoms with Gasteiger partial charge in [-0.05, 0) is 91.7 Å². The van der Waals surface area contributed by atoms with E-state index in [9.17, 15) is 4.79 Å². The molecule has 4 nitrogen and oxygen atoms in total. The lowest BCUT2D eigenvalue weighted by atomic mass is 9.53. The number of rotatable bonds is 7. The van der Waals surface area contributed by atoms with Crippen molar-refractivity contribution in [2.24, 2.45) is 23.5 Å². The van der Waals surface area contributed by atoms with E-state index in [-0.39, 0.29) is 0 Å². The third-order valence-electron chi connectivity index (χ3n) is 7.24. The van der Waals surface area contributed by atoms with Crippen LogP contribution < -0.4 is 15.8 Å². The van der Waals surface area contributed by atoms with E-state index in [0.717, 1.165) is 41.2 Å². The monoisotopic (exact) mass is 390 g/mol. The average Bonchev–Trinajstić information content (AvgIpc) is 2.71. The van der Waals surface area contributed by atoms with E-state index in [1.165, 1.54) is 38.5 Å². The quantitative estimate of drug-likeness (QED) is 0.689. The fourth-order valence-electron chi connectivity index (χ4n) is 6.41. The maximum Gasteiger partial charge on any atom is 0.248 e. The van der Waals surface area contributed by atoms with Gasteiger partial charge in [0.2, 0.25) is 5.91 Å². The number of hydrogen-bond donors (Lipinski definition) is 2. The Hall–Kier alpha value is -2.33. The molecule has 6 rings (SSSR count). The molecule has 152 valence electrons. The molecule has 4 aliphatic rings. The third kappa shape index (κ3) is 3.91. The zero-order valence-corrected chi connectivity index (χ0v) is 16.9. The predicted octanol–water partition coefficient (Wildman–Crippen LogP) is 4.39. The normalized spacial score (nSPS) is 29.7. The summed E-state index contributed by atoms with van der Waals surface area (Å²) in [5, 5.41) is 3.88. The first kappa shape index (κ1) is 18.7. The number of amides is 1. The van der Waals surface area contributed by atoms with Crippen LogP contribution in [0.3, 0.4) is 0 Å². The highest BCUT2D eigenvalue weighted by Crippen LogP contribution is 2.55. The summed E-state index contributed by atoms with van der Waals surface area (Å²) in [6.45, 7) is 1.60. The highest BCUT2D eigenvalue weighted by Gasteiger charge is 2.50. The minimum atomic E-state index is -0.404. The van der Waals surface area contributed by atoms with E-state index in [4.69, 9.17) is 10.5 Å². The zero-order chi connectivity index (χ0) is 19.8. The highest BCUT2D eigenvalue weighted by atomic mass is 16.5. The Bertz CT molecular complexity index is 855. The van der Waals surface area contributed by atoms with Crippen molar-refractivity contribution in [3.05, 3.63) is 54.1 Å². The van der Waals surface area contributed by atoms with Gasteiger partial charge in [0.05, 0.1) is 0 Å². The van der Waals surface area contributed by atoms with Crippen LogP contribution in [0.5, 0.6) is 5.75 Å². The number of nitrogens with one attached hydrogen (secondary N) is 1. The van der Waals surface area contributed by atoms with Crippen LogP contribution in [0.4, 0.5) is 0 Å². The van der Waals surface area contributed by atoms with Crippen molar-refractivity contribution in [1.29, 1.82) is 0 Å². The number of nitrogens with two attached hydrogens (primary N) is 1. The van der Waals surface area contributed by atoms with Crippen molar-refractivity contribution in [3.63, 3.8) is 0 Å². The molecule has 2 aromatic carbocycles. The first-order valence-electron chi connectivity index (χ1n) is 11.0. The molecule has 4 aliphatic carbocycles. The predicted molar refractivity (Wildman–Crippen MR) is 115 cm³/mol. The van der Waals surface area contributed by atoms with E-state index in [1.54, 1.807) is 6.07 Å². The Morgan fingerprint density at radius 3 is 2.24 bits per heavy atom. The minimum absolute atomic E-state index is 0.396. The maximum atomic E-state index is 11.4. The summed E-state index contributed by atoms with van der Waals surface area (Å²) in [5.41, 5.74) is 8.34. The Balaban J connectivity index is 1.14. The van der Waals surface area contributed by atoms with Crippen molar-refractivity contribution in [3.8, 4) is 16.9 Å². The maximum absolute atomic E-state index is 11.4. The summed E-state index contributed by atoms with van der Waals surface area (Å²) in [7, 11) is 0. The van der Waals surface area contributed by atoms with Crippen LogP contribution in [-0.4, -0.2) is 24.6 Å². The van der Waals surface area contributed by atoms with E-state index in [1.807, 2.05) is 42.5 Å². The summed E-state index contributed by atoms with van der Waals surface area (Å²) >= 11 is 0. The molecule has 0 aromatic heterocycles. The standard InChI is InChI=1S/C25H30N2O2/c26-24(28)22-3-1-2-21(13-22)20-4-6-23(7-5-20)29-9-8-27-25-14-17-10-18(15-25)12-19(11-17)16-25/h1-7,13,17-19,27H,8-12,14-16H2,(H2,26,28). The van der Waals surface area contributed by atoms with Gasteiger partial charge in [0.25, 0.3) is 0 Å². The Kier molecular flexibility index (Phi) is 4.83. The first-order valence-corrected chi connectivity index (χ1v) is 11.0. The minimum Gasteiger partial charge on any atom is -0.492 e. The fourth-order valence-corrected chi connectivity index (χ4v) is 6.41. The van der Waals surface area contributed by atoms with Crippen LogP contribution in [0.25, 0.3) is 11.1 Å². The van der Waals surface area contributed by atoms with Gasteiger partial charge in [-0.15, -0.1) is 0 Å². The first-order chi connectivity index (χ1) is 14.1. The topological polar surface area (TPSA) is 64.4 Å². The number of ether oxygens (including phenoxy) is 1. The highest BCUT2D eigenvalue weighted by molar-refractivity contribution is 5.94. The smallest absolute Gasteiger partial charge is 0.248 e. The molecule has 4 bridgehead atoms. The van der Waals surface area contributed by atoms with Crippen LogP contribution >= 0.6 is 0 Å². The van der Waals surface area contributed by atoms with Crippen LogP contribution in [0.1, 0.15) is 48.9 Å². The molecule has 0 saturated heterocycles. The lowest BCUT2D eigenvalue weighted by Gasteiger charge is -2.57. The molecule has 4 heteroatoms. The van der Waals surface area contributed by atoms with Gasteiger partial charge in [0.1, 0.15) is 12.4 Å². The van der Waals surface area contributed by atoms with Crippen molar-refractivity contribution in [2.75, 3.05) is 13.2 Å².